The lowest BCUT2D eigenvalue weighted by Crippen LogP contribution is -2.29. The zero-order chi connectivity index (χ0) is 9.30. The smallest absolute Gasteiger partial charge is 0.0887 e. The molecule has 0 radical (unpaired) electrons. The Hall–Kier alpha value is -0.0800. The van der Waals surface area contributed by atoms with Crippen LogP contribution in [0.3, 0.4) is 0 Å². The van der Waals surface area contributed by atoms with Crippen LogP contribution in [0.2, 0.25) is 0 Å². The Labute approximate surface area is 75.2 Å². The zero-order valence-corrected chi connectivity index (χ0v) is 8.70. The maximum Gasteiger partial charge on any atom is 0.0887 e. The van der Waals surface area contributed by atoms with Gasteiger partial charge in [-0.2, -0.15) is 0 Å². The van der Waals surface area contributed by atoms with Crippen LogP contribution in [-0.2, 0) is 9.47 Å². The summed E-state index contributed by atoms with van der Waals surface area (Å²) < 4.78 is 11.4. The quantitative estimate of drug-likeness (QED) is 0.636. The highest BCUT2D eigenvalue weighted by molar-refractivity contribution is 4.85. The average molecular weight is 172 g/mol. The van der Waals surface area contributed by atoms with Crippen molar-refractivity contribution in [2.75, 3.05) is 0 Å². The minimum Gasteiger partial charge on any atom is -0.372 e. The number of ether oxygens (including phenoxy) is 2. The highest BCUT2D eigenvalue weighted by Gasteiger charge is 2.37. The van der Waals surface area contributed by atoms with Crippen LogP contribution in [0.1, 0.15) is 34.6 Å². The van der Waals surface area contributed by atoms with Crippen LogP contribution in [0.15, 0.2) is 0 Å². The van der Waals surface area contributed by atoms with Crippen molar-refractivity contribution >= 4 is 0 Å². The third kappa shape index (κ3) is 1.99. The Kier molecular flexibility index (Phi) is 3.13. The molecule has 0 saturated carbocycles. The molecule has 0 aromatic heterocycles. The van der Waals surface area contributed by atoms with E-state index in [0.29, 0.717) is 18.1 Å². The van der Waals surface area contributed by atoms with Crippen molar-refractivity contribution in [3.8, 4) is 0 Å². The molecule has 0 amide bonds. The number of rotatable bonds is 2. The Morgan fingerprint density at radius 2 is 1.67 bits per heavy atom. The molecule has 1 aliphatic rings. The normalized spacial score (nSPS) is 42.5. The third-order valence-electron chi connectivity index (χ3n) is 2.58. The molecule has 12 heavy (non-hydrogen) atoms. The van der Waals surface area contributed by atoms with Crippen molar-refractivity contribution in [1.82, 2.24) is 0 Å². The van der Waals surface area contributed by atoms with Crippen LogP contribution in [-0.4, -0.2) is 24.4 Å². The summed E-state index contributed by atoms with van der Waals surface area (Å²) in [4.78, 5) is 0. The summed E-state index contributed by atoms with van der Waals surface area (Å²) in [6.07, 6.45) is 1.16. The van der Waals surface area contributed by atoms with Crippen LogP contribution in [0.4, 0.5) is 0 Å². The van der Waals surface area contributed by atoms with Gasteiger partial charge in [0, 0.05) is 5.92 Å². The topological polar surface area (TPSA) is 18.5 Å². The lowest BCUT2D eigenvalue weighted by Gasteiger charge is -2.21. The summed E-state index contributed by atoms with van der Waals surface area (Å²) in [5.74, 6) is 0.516. The minimum atomic E-state index is 0.248. The van der Waals surface area contributed by atoms with Crippen LogP contribution in [0, 0.1) is 5.92 Å². The first-order chi connectivity index (χ1) is 5.52. The molecule has 1 unspecified atom stereocenters. The standard InChI is InChI=1S/C10H20O2/c1-6(2)11-10-7(3)8(4)12-9(10)5/h6-10H,1-5H3/t7?,8-,9+,10+/m0/s1. The second kappa shape index (κ2) is 3.75. The van der Waals surface area contributed by atoms with Gasteiger partial charge in [-0.25, -0.2) is 0 Å². The van der Waals surface area contributed by atoms with Crippen molar-refractivity contribution in [1.29, 1.82) is 0 Å². The van der Waals surface area contributed by atoms with E-state index >= 15 is 0 Å². The predicted octanol–water partition coefficient (Wildman–Crippen LogP) is 2.22. The van der Waals surface area contributed by atoms with Gasteiger partial charge in [0.05, 0.1) is 24.4 Å². The van der Waals surface area contributed by atoms with E-state index < -0.39 is 0 Å². The van der Waals surface area contributed by atoms with Gasteiger partial charge < -0.3 is 9.47 Å². The average Bonchev–Trinajstić information content (AvgIpc) is 2.16. The summed E-state index contributed by atoms with van der Waals surface area (Å²) >= 11 is 0. The molecule has 0 aromatic carbocycles. The number of hydrogen-bond acceptors (Lipinski definition) is 2. The van der Waals surface area contributed by atoms with Gasteiger partial charge >= 0.3 is 0 Å². The predicted molar refractivity (Wildman–Crippen MR) is 49.2 cm³/mol. The van der Waals surface area contributed by atoms with Crippen LogP contribution >= 0.6 is 0 Å². The Bertz CT molecular complexity index is 145. The molecule has 0 N–H and O–H groups in total. The Morgan fingerprint density at radius 1 is 1.08 bits per heavy atom. The highest BCUT2D eigenvalue weighted by Crippen LogP contribution is 2.29. The van der Waals surface area contributed by atoms with Crippen LogP contribution in [0.25, 0.3) is 0 Å². The molecule has 4 atom stereocenters. The van der Waals surface area contributed by atoms with E-state index in [2.05, 4.69) is 34.6 Å². The molecule has 72 valence electrons. The first kappa shape index (κ1) is 10.0. The molecule has 1 fully saturated rings. The van der Waals surface area contributed by atoms with Gasteiger partial charge in [0.25, 0.3) is 0 Å². The molecular weight excluding hydrogens is 152 g/mol. The minimum absolute atomic E-state index is 0.248. The highest BCUT2D eigenvalue weighted by atomic mass is 16.6. The van der Waals surface area contributed by atoms with Gasteiger partial charge in [-0.05, 0) is 27.7 Å². The molecule has 1 heterocycles. The largest absolute Gasteiger partial charge is 0.372 e. The molecule has 1 rings (SSSR count). The summed E-state index contributed by atoms with van der Waals surface area (Å²) in [5, 5.41) is 0. The molecule has 1 saturated heterocycles. The first-order valence-corrected chi connectivity index (χ1v) is 4.83. The van der Waals surface area contributed by atoms with E-state index in [1.165, 1.54) is 0 Å². The maximum absolute atomic E-state index is 5.78. The molecule has 0 aromatic rings. The van der Waals surface area contributed by atoms with Gasteiger partial charge in [0.1, 0.15) is 0 Å². The fourth-order valence-corrected chi connectivity index (χ4v) is 1.78. The van der Waals surface area contributed by atoms with Crippen molar-refractivity contribution in [2.24, 2.45) is 5.92 Å². The lowest BCUT2D eigenvalue weighted by molar-refractivity contribution is -0.0423. The summed E-state index contributed by atoms with van der Waals surface area (Å²) in [7, 11) is 0. The second-order valence-corrected chi connectivity index (χ2v) is 4.05. The Balaban J connectivity index is 2.51. The summed E-state index contributed by atoms with van der Waals surface area (Å²) in [6, 6.07) is 0. The first-order valence-electron chi connectivity index (χ1n) is 4.83. The van der Waals surface area contributed by atoms with Crippen molar-refractivity contribution < 1.29 is 9.47 Å². The van der Waals surface area contributed by atoms with Gasteiger partial charge in [-0.15, -0.1) is 0 Å². The van der Waals surface area contributed by atoms with Crippen molar-refractivity contribution in [3.05, 3.63) is 0 Å². The van der Waals surface area contributed by atoms with Gasteiger partial charge in [0.15, 0.2) is 0 Å². The zero-order valence-electron chi connectivity index (χ0n) is 8.70. The van der Waals surface area contributed by atoms with Gasteiger partial charge in [-0.1, -0.05) is 6.92 Å². The fraction of sp³-hybridized carbons (Fsp3) is 1.00. The van der Waals surface area contributed by atoms with E-state index in [9.17, 15) is 0 Å². The molecule has 2 nitrogen and oxygen atoms in total. The third-order valence-corrected chi connectivity index (χ3v) is 2.58. The van der Waals surface area contributed by atoms with Gasteiger partial charge in [-0.3, -0.25) is 0 Å². The van der Waals surface area contributed by atoms with Crippen LogP contribution in [0.5, 0.6) is 0 Å². The van der Waals surface area contributed by atoms with Gasteiger partial charge in [0.2, 0.25) is 0 Å². The van der Waals surface area contributed by atoms with E-state index in [1.54, 1.807) is 0 Å². The SMILES string of the molecule is CC(C)O[C@@H]1C(C)[C@H](C)O[C@@H]1C. The second-order valence-electron chi connectivity index (χ2n) is 4.05. The monoisotopic (exact) mass is 172 g/mol. The van der Waals surface area contributed by atoms with Crippen LogP contribution < -0.4 is 0 Å². The molecule has 1 aliphatic heterocycles. The van der Waals surface area contributed by atoms with E-state index in [0.717, 1.165) is 0 Å². The van der Waals surface area contributed by atoms with Crippen molar-refractivity contribution in [3.63, 3.8) is 0 Å². The molecule has 2 heteroatoms. The summed E-state index contributed by atoms with van der Waals surface area (Å²) in [5.41, 5.74) is 0. The Morgan fingerprint density at radius 3 is 2.00 bits per heavy atom. The fourth-order valence-electron chi connectivity index (χ4n) is 1.78. The van der Waals surface area contributed by atoms with E-state index in [4.69, 9.17) is 9.47 Å². The summed E-state index contributed by atoms with van der Waals surface area (Å²) in [6.45, 7) is 10.5. The molecule has 0 spiro atoms. The molecule has 0 bridgehead atoms. The van der Waals surface area contributed by atoms with E-state index in [1.807, 2.05) is 0 Å². The maximum atomic E-state index is 5.78. The lowest BCUT2D eigenvalue weighted by atomic mass is 10.00. The van der Waals surface area contributed by atoms with Crippen molar-refractivity contribution in [2.45, 2.75) is 59.0 Å². The molecular formula is C10H20O2. The number of hydrogen-bond donors (Lipinski definition) is 0. The molecule has 0 aliphatic carbocycles. The van der Waals surface area contributed by atoms with E-state index in [-0.39, 0.29) is 12.2 Å².